The third-order valence-electron chi connectivity index (χ3n) is 2.67. The maximum atomic E-state index is 11.7. The minimum atomic E-state index is -0.179. The summed E-state index contributed by atoms with van der Waals surface area (Å²) >= 11 is 5.93. The van der Waals surface area contributed by atoms with Crippen LogP contribution in [0.5, 0.6) is 0 Å². The smallest absolute Gasteiger partial charge is 0.238 e. The number of amides is 1. The van der Waals surface area contributed by atoms with Crippen LogP contribution in [0.15, 0.2) is 24.3 Å². The van der Waals surface area contributed by atoms with Gasteiger partial charge in [-0.25, -0.2) is 0 Å². The Kier molecular flexibility index (Phi) is 6.12. The van der Waals surface area contributed by atoms with E-state index in [2.05, 4.69) is 10.6 Å². The van der Waals surface area contributed by atoms with E-state index in [4.69, 9.17) is 16.7 Å². The zero-order valence-corrected chi connectivity index (χ0v) is 11.4. The molecule has 0 aliphatic heterocycles. The fourth-order valence-electron chi connectivity index (χ4n) is 1.49. The molecule has 1 unspecified atom stereocenters. The molecule has 1 rings (SSSR count). The average Bonchev–Trinajstić information content (AvgIpc) is 2.32. The molecule has 4 nitrogen and oxygen atoms in total. The van der Waals surface area contributed by atoms with E-state index in [9.17, 15) is 4.79 Å². The Bertz CT molecular complexity index is 396. The van der Waals surface area contributed by atoms with Gasteiger partial charge < -0.3 is 15.7 Å². The Hall–Kier alpha value is -1.10. The van der Waals surface area contributed by atoms with Gasteiger partial charge in [-0.2, -0.15) is 0 Å². The number of carbonyl (C=O) groups excluding carboxylic acids is 1. The number of para-hydroxylation sites is 1. The molecule has 18 heavy (non-hydrogen) atoms. The topological polar surface area (TPSA) is 61.4 Å². The van der Waals surface area contributed by atoms with Crippen LogP contribution in [0.1, 0.15) is 13.8 Å². The number of benzene rings is 1. The van der Waals surface area contributed by atoms with Crippen LogP contribution in [-0.4, -0.2) is 30.2 Å². The van der Waals surface area contributed by atoms with E-state index in [0.717, 1.165) is 0 Å². The average molecular weight is 271 g/mol. The highest BCUT2D eigenvalue weighted by Crippen LogP contribution is 2.19. The molecule has 1 amide bonds. The van der Waals surface area contributed by atoms with Crippen LogP contribution < -0.4 is 10.6 Å². The van der Waals surface area contributed by atoms with Crippen LogP contribution in [0.4, 0.5) is 5.69 Å². The monoisotopic (exact) mass is 270 g/mol. The lowest BCUT2D eigenvalue weighted by atomic mass is 10.1. The number of aliphatic hydroxyl groups excluding tert-OH is 1. The lowest BCUT2D eigenvalue weighted by Gasteiger charge is -2.19. The van der Waals surface area contributed by atoms with Gasteiger partial charge in [0.25, 0.3) is 0 Å². The largest absolute Gasteiger partial charge is 0.395 e. The molecule has 0 fully saturated rings. The molecule has 0 radical (unpaired) electrons. The van der Waals surface area contributed by atoms with E-state index in [-0.39, 0.29) is 31.0 Å². The summed E-state index contributed by atoms with van der Waals surface area (Å²) in [6.45, 7) is 4.13. The molecule has 0 aliphatic rings. The van der Waals surface area contributed by atoms with Crippen LogP contribution in [0.2, 0.25) is 5.02 Å². The second-order valence-corrected chi connectivity index (χ2v) is 4.85. The van der Waals surface area contributed by atoms with E-state index in [1.807, 2.05) is 13.8 Å². The van der Waals surface area contributed by atoms with Crippen LogP contribution in [0, 0.1) is 5.92 Å². The molecule has 1 aromatic carbocycles. The van der Waals surface area contributed by atoms with Gasteiger partial charge in [-0.05, 0) is 18.1 Å². The van der Waals surface area contributed by atoms with E-state index in [0.29, 0.717) is 10.7 Å². The Morgan fingerprint density at radius 2 is 2.06 bits per heavy atom. The number of anilines is 1. The molecular weight excluding hydrogens is 252 g/mol. The van der Waals surface area contributed by atoms with Gasteiger partial charge in [-0.3, -0.25) is 4.79 Å². The molecule has 0 aromatic heterocycles. The summed E-state index contributed by atoms with van der Waals surface area (Å²) in [5, 5.41) is 15.4. The van der Waals surface area contributed by atoms with E-state index < -0.39 is 0 Å². The third kappa shape index (κ3) is 4.64. The van der Waals surface area contributed by atoms with Crippen molar-refractivity contribution in [3.63, 3.8) is 0 Å². The molecule has 0 spiro atoms. The summed E-state index contributed by atoms with van der Waals surface area (Å²) in [6, 6.07) is 6.99. The molecule has 0 aliphatic carbocycles. The van der Waals surface area contributed by atoms with Gasteiger partial charge >= 0.3 is 0 Å². The summed E-state index contributed by atoms with van der Waals surface area (Å²) in [4.78, 5) is 11.7. The summed E-state index contributed by atoms with van der Waals surface area (Å²) in [5.74, 6) is 0.0883. The van der Waals surface area contributed by atoms with Crippen molar-refractivity contribution >= 4 is 23.2 Å². The van der Waals surface area contributed by atoms with Crippen LogP contribution in [0.3, 0.4) is 0 Å². The number of halogens is 1. The summed E-state index contributed by atoms with van der Waals surface area (Å²) in [5.41, 5.74) is 0.594. The van der Waals surface area contributed by atoms with E-state index in [1.165, 1.54) is 0 Å². The van der Waals surface area contributed by atoms with Gasteiger partial charge in [0.15, 0.2) is 0 Å². The lowest BCUT2D eigenvalue weighted by molar-refractivity contribution is -0.115. The number of carbonyl (C=O) groups is 1. The van der Waals surface area contributed by atoms with Crippen molar-refractivity contribution in [2.24, 2.45) is 5.92 Å². The quantitative estimate of drug-likeness (QED) is 0.740. The molecule has 3 N–H and O–H groups in total. The van der Waals surface area contributed by atoms with Gasteiger partial charge in [0.05, 0.1) is 23.9 Å². The standard InChI is InChI=1S/C13H19ClN2O2/c1-9(2)12(8-17)15-7-13(18)16-11-6-4-3-5-10(11)14/h3-6,9,12,15,17H,7-8H2,1-2H3,(H,16,18). The maximum absolute atomic E-state index is 11.7. The normalized spacial score (nSPS) is 12.5. The molecule has 5 heteroatoms. The number of hydrogen-bond acceptors (Lipinski definition) is 3. The Morgan fingerprint density at radius 1 is 1.39 bits per heavy atom. The number of rotatable bonds is 6. The fraction of sp³-hybridized carbons (Fsp3) is 0.462. The van der Waals surface area contributed by atoms with Crippen molar-refractivity contribution in [1.82, 2.24) is 5.32 Å². The first-order valence-electron chi connectivity index (χ1n) is 5.93. The van der Waals surface area contributed by atoms with Gasteiger partial charge in [0.2, 0.25) is 5.91 Å². The zero-order chi connectivity index (χ0) is 13.5. The molecule has 0 saturated carbocycles. The number of hydrogen-bond donors (Lipinski definition) is 3. The van der Waals surface area contributed by atoms with Gasteiger partial charge in [0.1, 0.15) is 0 Å². The number of aliphatic hydroxyl groups is 1. The van der Waals surface area contributed by atoms with Gasteiger partial charge in [-0.15, -0.1) is 0 Å². The van der Waals surface area contributed by atoms with Crippen molar-refractivity contribution in [2.45, 2.75) is 19.9 Å². The zero-order valence-electron chi connectivity index (χ0n) is 10.6. The Labute approximate surface area is 112 Å². The minimum Gasteiger partial charge on any atom is -0.395 e. The van der Waals surface area contributed by atoms with Crippen molar-refractivity contribution in [1.29, 1.82) is 0 Å². The van der Waals surface area contributed by atoms with Crippen LogP contribution in [-0.2, 0) is 4.79 Å². The first kappa shape index (κ1) is 15.0. The predicted molar refractivity (Wildman–Crippen MR) is 73.8 cm³/mol. The van der Waals surface area contributed by atoms with E-state index >= 15 is 0 Å². The first-order chi connectivity index (χ1) is 8.54. The van der Waals surface area contributed by atoms with Crippen LogP contribution in [0.25, 0.3) is 0 Å². The Balaban J connectivity index is 2.45. The van der Waals surface area contributed by atoms with Gasteiger partial charge in [0, 0.05) is 6.04 Å². The molecule has 1 atom stereocenters. The highest BCUT2D eigenvalue weighted by atomic mass is 35.5. The highest BCUT2D eigenvalue weighted by Gasteiger charge is 2.13. The molecular formula is C13H19ClN2O2. The van der Waals surface area contributed by atoms with Crippen molar-refractivity contribution in [3.05, 3.63) is 29.3 Å². The summed E-state index contributed by atoms with van der Waals surface area (Å²) in [6.07, 6.45) is 0. The van der Waals surface area contributed by atoms with E-state index in [1.54, 1.807) is 24.3 Å². The lowest BCUT2D eigenvalue weighted by Crippen LogP contribution is -2.41. The second-order valence-electron chi connectivity index (χ2n) is 4.44. The molecule has 0 bridgehead atoms. The number of nitrogens with one attached hydrogen (secondary N) is 2. The molecule has 1 aromatic rings. The predicted octanol–water partition coefficient (Wildman–Crippen LogP) is 1.88. The molecule has 100 valence electrons. The van der Waals surface area contributed by atoms with Gasteiger partial charge in [-0.1, -0.05) is 37.6 Å². The molecule has 0 saturated heterocycles. The second kappa shape index (κ2) is 7.36. The van der Waals surface area contributed by atoms with Crippen molar-refractivity contribution < 1.29 is 9.90 Å². The minimum absolute atomic E-state index is 0.0110. The fourth-order valence-corrected chi connectivity index (χ4v) is 1.67. The molecule has 0 heterocycles. The van der Waals surface area contributed by atoms with Crippen molar-refractivity contribution in [3.8, 4) is 0 Å². The third-order valence-corrected chi connectivity index (χ3v) is 3.00. The highest BCUT2D eigenvalue weighted by molar-refractivity contribution is 6.33. The maximum Gasteiger partial charge on any atom is 0.238 e. The van der Waals surface area contributed by atoms with Crippen molar-refractivity contribution in [2.75, 3.05) is 18.5 Å². The summed E-state index contributed by atoms with van der Waals surface area (Å²) in [7, 11) is 0. The SMILES string of the molecule is CC(C)C(CO)NCC(=O)Nc1ccccc1Cl. The van der Waals surface area contributed by atoms with Crippen LogP contribution >= 0.6 is 11.6 Å². The Morgan fingerprint density at radius 3 is 2.61 bits per heavy atom. The first-order valence-corrected chi connectivity index (χ1v) is 6.31. The summed E-state index contributed by atoms with van der Waals surface area (Å²) < 4.78 is 0.